The third-order valence-corrected chi connectivity index (χ3v) is 2.00. The molecule has 12 heavy (non-hydrogen) atoms. The van der Waals surface area contributed by atoms with Gasteiger partial charge in [-0.2, -0.15) is 0 Å². The summed E-state index contributed by atoms with van der Waals surface area (Å²) in [7, 11) is -2.94. The first kappa shape index (κ1) is 11.2. The Morgan fingerprint density at radius 2 is 2.08 bits per heavy atom. The number of hydrogen-bond acceptors (Lipinski definition) is 2. The molecule has 0 fully saturated rings. The minimum absolute atomic E-state index is 0.0728. The lowest BCUT2D eigenvalue weighted by molar-refractivity contribution is 0.604. The van der Waals surface area contributed by atoms with Crippen molar-refractivity contribution in [1.29, 1.82) is 0 Å². The molecule has 0 amide bonds. The number of rotatable bonds is 4. The summed E-state index contributed by atoms with van der Waals surface area (Å²) in [6, 6.07) is 0. The largest absolute Gasteiger partial charge is 0.229 e. The minimum atomic E-state index is -2.94. The van der Waals surface area contributed by atoms with E-state index in [9.17, 15) is 8.42 Å². The zero-order valence-corrected chi connectivity index (χ0v) is 8.26. The monoisotopic (exact) mass is 186 g/mol. The highest BCUT2D eigenvalue weighted by atomic mass is 32.2. The number of hydrogen-bond donors (Lipinski definition) is 0. The van der Waals surface area contributed by atoms with E-state index in [0.717, 1.165) is 5.57 Å². The lowest BCUT2D eigenvalue weighted by Crippen LogP contribution is -2.04. The van der Waals surface area contributed by atoms with Crippen molar-refractivity contribution in [2.75, 3.05) is 12.0 Å². The van der Waals surface area contributed by atoms with Crippen LogP contribution in [0.5, 0.6) is 0 Å². The van der Waals surface area contributed by atoms with E-state index >= 15 is 0 Å². The van der Waals surface area contributed by atoms with Crippen LogP contribution in [-0.4, -0.2) is 20.4 Å². The van der Waals surface area contributed by atoms with E-state index in [4.69, 9.17) is 0 Å². The Morgan fingerprint density at radius 3 is 2.42 bits per heavy atom. The second-order valence-electron chi connectivity index (χ2n) is 2.55. The van der Waals surface area contributed by atoms with Gasteiger partial charge >= 0.3 is 0 Å². The van der Waals surface area contributed by atoms with Crippen LogP contribution in [0.2, 0.25) is 0 Å². The minimum Gasteiger partial charge on any atom is -0.229 e. The van der Waals surface area contributed by atoms with E-state index in [-0.39, 0.29) is 5.75 Å². The van der Waals surface area contributed by atoms with Gasteiger partial charge in [-0.15, -0.1) is 0 Å². The van der Waals surface area contributed by atoms with Crippen LogP contribution >= 0.6 is 0 Å². The highest BCUT2D eigenvalue weighted by Gasteiger charge is 2.03. The molecule has 0 aliphatic rings. The summed E-state index contributed by atoms with van der Waals surface area (Å²) in [4.78, 5) is 0. The first-order valence-corrected chi connectivity index (χ1v) is 5.67. The van der Waals surface area contributed by atoms with Gasteiger partial charge in [0, 0.05) is 6.26 Å². The summed E-state index contributed by atoms with van der Waals surface area (Å²) < 4.78 is 21.8. The molecular formula is C9H14O2S. The Kier molecular flexibility index (Phi) is 4.59. The van der Waals surface area contributed by atoms with Gasteiger partial charge in [0.05, 0.1) is 5.75 Å². The zero-order valence-electron chi connectivity index (χ0n) is 7.45. The summed E-state index contributed by atoms with van der Waals surface area (Å²) in [5.74, 6) is 0.0728. The van der Waals surface area contributed by atoms with E-state index in [1.54, 1.807) is 24.3 Å². The van der Waals surface area contributed by atoms with Crippen LogP contribution < -0.4 is 0 Å². The fraction of sp³-hybridized carbons (Fsp3) is 0.333. The Balaban J connectivity index is 4.57. The molecule has 0 bridgehead atoms. The predicted molar refractivity (Wildman–Crippen MR) is 52.8 cm³/mol. The van der Waals surface area contributed by atoms with Crippen molar-refractivity contribution in [3.05, 3.63) is 36.5 Å². The van der Waals surface area contributed by atoms with Crippen LogP contribution in [0.15, 0.2) is 36.5 Å². The molecule has 0 aliphatic carbocycles. The summed E-state index contributed by atoms with van der Waals surface area (Å²) in [6.07, 6.45) is 8.07. The molecule has 0 aromatic carbocycles. The van der Waals surface area contributed by atoms with Gasteiger partial charge in [0.25, 0.3) is 0 Å². The van der Waals surface area contributed by atoms with Crippen molar-refractivity contribution >= 4 is 9.84 Å². The molecule has 0 rings (SSSR count). The van der Waals surface area contributed by atoms with Crippen molar-refractivity contribution in [2.24, 2.45) is 0 Å². The maximum atomic E-state index is 10.9. The van der Waals surface area contributed by atoms with E-state index in [0.29, 0.717) is 0 Å². The van der Waals surface area contributed by atoms with Crippen LogP contribution in [-0.2, 0) is 9.84 Å². The van der Waals surface area contributed by atoms with E-state index in [2.05, 4.69) is 6.58 Å². The van der Waals surface area contributed by atoms with E-state index in [1.165, 1.54) is 6.26 Å². The molecule has 0 saturated carbocycles. The molecule has 0 aliphatic heterocycles. The van der Waals surface area contributed by atoms with E-state index in [1.807, 2.05) is 6.92 Å². The van der Waals surface area contributed by atoms with Crippen LogP contribution in [0.25, 0.3) is 0 Å². The molecule has 0 N–H and O–H groups in total. The van der Waals surface area contributed by atoms with E-state index < -0.39 is 9.84 Å². The summed E-state index contributed by atoms with van der Waals surface area (Å²) in [5.41, 5.74) is 0.759. The Hall–Kier alpha value is -0.830. The first-order valence-electron chi connectivity index (χ1n) is 3.61. The zero-order chi connectivity index (χ0) is 9.61. The van der Waals surface area contributed by atoms with Gasteiger partial charge in [-0.25, -0.2) is 8.42 Å². The average Bonchev–Trinajstić information content (AvgIpc) is 1.84. The molecule has 2 nitrogen and oxygen atoms in total. The van der Waals surface area contributed by atoms with Crippen LogP contribution in [0.3, 0.4) is 0 Å². The summed E-state index contributed by atoms with van der Waals surface area (Å²) in [5, 5.41) is 0. The molecule has 0 aromatic rings. The summed E-state index contributed by atoms with van der Waals surface area (Å²) in [6.45, 7) is 5.35. The van der Waals surface area contributed by atoms with Crippen molar-refractivity contribution < 1.29 is 8.42 Å². The Morgan fingerprint density at radius 1 is 1.50 bits per heavy atom. The van der Waals surface area contributed by atoms with Gasteiger partial charge in [0.2, 0.25) is 0 Å². The highest BCUT2D eigenvalue weighted by Crippen LogP contribution is 2.01. The quantitative estimate of drug-likeness (QED) is 0.626. The first-order chi connectivity index (χ1) is 5.49. The van der Waals surface area contributed by atoms with Crippen molar-refractivity contribution in [3.63, 3.8) is 0 Å². The summed E-state index contributed by atoms with van der Waals surface area (Å²) >= 11 is 0. The Bertz CT molecular complexity index is 294. The highest BCUT2D eigenvalue weighted by molar-refractivity contribution is 7.90. The molecule has 0 unspecified atom stereocenters. The molecule has 0 aromatic heterocycles. The predicted octanol–water partition coefficient (Wildman–Crippen LogP) is 1.72. The molecule has 3 heteroatoms. The van der Waals surface area contributed by atoms with Gasteiger partial charge < -0.3 is 0 Å². The lowest BCUT2D eigenvalue weighted by Gasteiger charge is -1.97. The van der Waals surface area contributed by atoms with Crippen molar-refractivity contribution in [1.82, 2.24) is 0 Å². The van der Waals surface area contributed by atoms with Gasteiger partial charge in [0.15, 0.2) is 9.84 Å². The second kappa shape index (κ2) is 4.93. The molecular weight excluding hydrogens is 172 g/mol. The number of allylic oxidation sites excluding steroid dienone is 4. The van der Waals surface area contributed by atoms with Crippen molar-refractivity contribution in [3.8, 4) is 0 Å². The maximum absolute atomic E-state index is 10.9. The molecule has 0 saturated heterocycles. The fourth-order valence-corrected chi connectivity index (χ4v) is 1.62. The third kappa shape index (κ3) is 5.92. The van der Waals surface area contributed by atoms with Gasteiger partial charge in [-0.05, 0) is 12.5 Å². The molecule has 68 valence electrons. The van der Waals surface area contributed by atoms with Gasteiger partial charge in [-0.1, -0.05) is 30.9 Å². The van der Waals surface area contributed by atoms with Crippen LogP contribution in [0.4, 0.5) is 0 Å². The van der Waals surface area contributed by atoms with Gasteiger partial charge in [-0.3, -0.25) is 0 Å². The Labute approximate surface area is 74.2 Å². The average molecular weight is 186 g/mol. The normalized spacial score (nSPS) is 13.7. The van der Waals surface area contributed by atoms with Gasteiger partial charge in [0.1, 0.15) is 0 Å². The SMILES string of the molecule is C=C/C=C(\C=C/C)CS(C)(=O)=O. The third-order valence-electron chi connectivity index (χ3n) is 1.14. The molecule has 0 atom stereocenters. The fourth-order valence-electron chi connectivity index (χ4n) is 0.820. The topological polar surface area (TPSA) is 34.1 Å². The number of sulfone groups is 1. The molecule has 0 spiro atoms. The second-order valence-corrected chi connectivity index (χ2v) is 4.69. The van der Waals surface area contributed by atoms with Crippen molar-refractivity contribution in [2.45, 2.75) is 6.92 Å². The lowest BCUT2D eigenvalue weighted by atomic mass is 10.2. The standard InChI is InChI=1S/C9H14O2S/c1-4-6-9(7-5-2)8-12(3,10)11/h4-7H,1,8H2,2-3H3/b7-5-,9-6+. The molecule has 0 heterocycles. The van der Waals surface area contributed by atoms with Crippen LogP contribution in [0, 0.1) is 0 Å². The molecule has 0 radical (unpaired) electrons. The smallest absolute Gasteiger partial charge is 0.151 e. The maximum Gasteiger partial charge on any atom is 0.151 e. The van der Waals surface area contributed by atoms with Crippen LogP contribution in [0.1, 0.15) is 6.92 Å².